The molecule has 1 aliphatic rings. The summed E-state index contributed by atoms with van der Waals surface area (Å²) < 4.78 is 4.86. The zero-order chi connectivity index (χ0) is 13.0. The number of benzene rings is 1. The first-order chi connectivity index (χ1) is 8.70. The molecule has 1 heterocycles. The predicted molar refractivity (Wildman–Crippen MR) is 69.1 cm³/mol. The van der Waals surface area contributed by atoms with Crippen molar-refractivity contribution in [1.29, 1.82) is 0 Å². The molecule has 6 heteroatoms. The van der Waals surface area contributed by atoms with E-state index in [1.165, 1.54) is 4.90 Å². The molecule has 0 saturated carbocycles. The van der Waals surface area contributed by atoms with Gasteiger partial charge in [0.2, 0.25) is 5.91 Å². The van der Waals surface area contributed by atoms with E-state index in [-0.39, 0.29) is 24.3 Å². The highest BCUT2D eigenvalue weighted by Gasteiger charge is 2.23. The van der Waals surface area contributed by atoms with Gasteiger partial charge in [0.15, 0.2) is 0 Å². The summed E-state index contributed by atoms with van der Waals surface area (Å²) in [4.78, 5) is 24.3. The second kappa shape index (κ2) is 5.73. The van der Waals surface area contributed by atoms with Crippen molar-refractivity contribution in [3.05, 3.63) is 24.3 Å². The van der Waals surface area contributed by atoms with Gasteiger partial charge < -0.3 is 10.1 Å². The van der Waals surface area contributed by atoms with Crippen LogP contribution in [0.3, 0.4) is 0 Å². The van der Waals surface area contributed by atoms with Crippen molar-refractivity contribution in [1.82, 2.24) is 0 Å². The Labute approximate surface area is 110 Å². The fourth-order valence-corrected chi connectivity index (χ4v) is 1.86. The number of carbonyl (C=O) groups is 2. The molecular weight excluding hydrogens is 256 g/mol. The number of hydrogen-bond acceptors (Lipinski definition) is 3. The molecule has 2 rings (SSSR count). The van der Waals surface area contributed by atoms with Gasteiger partial charge in [0.25, 0.3) is 0 Å². The third kappa shape index (κ3) is 2.92. The summed E-state index contributed by atoms with van der Waals surface area (Å²) in [7, 11) is 0. The summed E-state index contributed by atoms with van der Waals surface area (Å²) in [5.74, 6) is 0.135. The van der Waals surface area contributed by atoms with Crippen LogP contribution in [0.4, 0.5) is 16.2 Å². The number of halogens is 1. The van der Waals surface area contributed by atoms with E-state index >= 15 is 0 Å². The number of amides is 2. The SMILES string of the molecule is O=C(CCCl)Nc1cccc(N2CCOC2=O)c1. The molecule has 96 valence electrons. The van der Waals surface area contributed by atoms with Gasteiger partial charge in [-0.2, -0.15) is 0 Å². The van der Waals surface area contributed by atoms with Crippen LogP contribution in [-0.4, -0.2) is 31.0 Å². The van der Waals surface area contributed by atoms with Crippen molar-refractivity contribution < 1.29 is 14.3 Å². The molecule has 5 nitrogen and oxygen atoms in total. The van der Waals surface area contributed by atoms with Crippen LogP contribution in [0.2, 0.25) is 0 Å². The molecule has 1 fully saturated rings. The smallest absolute Gasteiger partial charge is 0.414 e. The number of nitrogens with zero attached hydrogens (tertiary/aromatic N) is 1. The number of alkyl halides is 1. The molecule has 0 radical (unpaired) electrons. The Morgan fingerprint density at radius 2 is 2.33 bits per heavy atom. The Kier molecular flexibility index (Phi) is 4.04. The molecule has 1 saturated heterocycles. The lowest BCUT2D eigenvalue weighted by molar-refractivity contribution is -0.115. The van der Waals surface area contributed by atoms with Gasteiger partial charge in [-0.3, -0.25) is 9.69 Å². The highest BCUT2D eigenvalue weighted by Crippen LogP contribution is 2.22. The van der Waals surface area contributed by atoms with E-state index in [9.17, 15) is 9.59 Å². The van der Waals surface area contributed by atoms with Gasteiger partial charge in [-0.15, -0.1) is 11.6 Å². The first kappa shape index (κ1) is 12.7. The maximum Gasteiger partial charge on any atom is 0.414 e. The van der Waals surface area contributed by atoms with Crippen LogP contribution >= 0.6 is 11.6 Å². The van der Waals surface area contributed by atoms with Gasteiger partial charge in [-0.25, -0.2) is 4.79 Å². The molecule has 18 heavy (non-hydrogen) atoms. The highest BCUT2D eigenvalue weighted by atomic mass is 35.5. The third-order valence-electron chi connectivity index (χ3n) is 2.52. The van der Waals surface area contributed by atoms with Gasteiger partial charge >= 0.3 is 6.09 Å². The molecule has 0 aliphatic carbocycles. The molecule has 1 aromatic rings. The van der Waals surface area contributed by atoms with Crippen LogP contribution in [0.25, 0.3) is 0 Å². The normalized spacial score (nSPS) is 14.5. The Bertz CT molecular complexity index is 464. The number of hydrogen-bond donors (Lipinski definition) is 1. The van der Waals surface area contributed by atoms with E-state index < -0.39 is 0 Å². The summed E-state index contributed by atoms with van der Waals surface area (Å²) in [6, 6.07) is 7.07. The summed E-state index contributed by atoms with van der Waals surface area (Å²) >= 11 is 5.49. The first-order valence-corrected chi connectivity index (χ1v) is 6.14. The van der Waals surface area contributed by atoms with E-state index in [2.05, 4.69) is 5.32 Å². The second-order valence-electron chi connectivity index (χ2n) is 3.80. The minimum atomic E-state index is -0.362. The lowest BCUT2D eigenvalue weighted by Gasteiger charge is -2.14. The minimum absolute atomic E-state index is 0.147. The molecule has 0 aromatic heterocycles. The van der Waals surface area contributed by atoms with Gasteiger partial charge in [0, 0.05) is 23.7 Å². The molecule has 1 aliphatic heterocycles. The van der Waals surface area contributed by atoms with Gasteiger partial charge in [-0.05, 0) is 18.2 Å². The van der Waals surface area contributed by atoms with Crippen molar-refractivity contribution in [2.24, 2.45) is 0 Å². The van der Waals surface area contributed by atoms with Crippen LogP contribution in [0.15, 0.2) is 24.3 Å². The Morgan fingerprint density at radius 1 is 1.50 bits per heavy atom. The van der Waals surface area contributed by atoms with Crippen molar-refractivity contribution in [2.45, 2.75) is 6.42 Å². The summed E-state index contributed by atoms with van der Waals surface area (Å²) in [6.07, 6.45) is -0.100. The van der Waals surface area contributed by atoms with Crippen molar-refractivity contribution in [3.63, 3.8) is 0 Å². The highest BCUT2D eigenvalue weighted by molar-refractivity contribution is 6.19. The zero-order valence-electron chi connectivity index (χ0n) is 9.69. The Hall–Kier alpha value is -1.75. The van der Waals surface area contributed by atoms with Gasteiger partial charge in [0.1, 0.15) is 6.61 Å². The van der Waals surface area contributed by atoms with Crippen molar-refractivity contribution in [3.8, 4) is 0 Å². The first-order valence-electron chi connectivity index (χ1n) is 5.61. The van der Waals surface area contributed by atoms with Crippen LogP contribution in [-0.2, 0) is 9.53 Å². The molecule has 2 amide bonds. The lowest BCUT2D eigenvalue weighted by atomic mass is 10.2. The summed E-state index contributed by atoms with van der Waals surface area (Å²) in [5.41, 5.74) is 1.35. The van der Waals surface area contributed by atoms with E-state index in [4.69, 9.17) is 16.3 Å². The van der Waals surface area contributed by atoms with Crippen LogP contribution in [0, 0.1) is 0 Å². The maximum absolute atomic E-state index is 11.4. The molecule has 0 spiro atoms. The quantitative estimate of drug-likeness (QED) is 0.852. The fraction of sp³-hybridized carbons (Fsp3) is 0.333. The van der Waals surface area contributed by atoms with Gasteiger partial charge in [0.05, 0.1) is 6.54 Å². The van der Waals surface area contributed by atoms with Crippen LogP contribution in [0.1, 0.15) is 6.42 Å². The average Bonchev–Trinajstić information content (AvgIpc) is 2.76. The van der Waals surface area contributed by atoms with Crippen LogP contribution in [0.5, 0.6) is 0 Å². The molecule has 0 unspecified atom stereocenters. The maximum atomic E-state index is 11.4. The predicted octanol–water partition coefficient (Wildman–Crippen LogP) is 2.21. The molecular formula is C12H13ClN2O3. The molecule has 1 N–H and O–H groups in total. The second-order valence-corrected chi connectivity index (χ2v) is 4.18. The fourth-order valence-electron chi connectivity index (χ4n) is 1.69. The number of ether oxygens (including phenoxy) is 1. The van der Waals surface area contributed by atoms with Crippen LogP contribution < -0.4 is 10.2 Å². The zero-order valence-corrected chi connectivity index (χ0v) is 10.4. The average molecular weight is 269 g/mol. The molecule has 0 bridgehead atoms. The summed E-state index contributed by atoms with van der Waals surface area (Å²) in [6.45, 7) is 0.916. The van der Waals surface area contributed by atoms with E-state index in [1.807, 2.05) is 0 Å². The number of carbonyl (C=O) groups excluding carboxylic acids is 2. The third-order valence-corrected chi connectivity index (χ3v) is 2.71. The Morgan fingerprint density at radius 3 is 3.00 bits per heavy atom. The standard InChI is InChI=1S/C12H13ClN2O3/c13-5-4-11(16)14-9-2-1-3-10(8-9)15-6-7-18-12(15)17/h1-3,8H,4-7H2,(H,14,16). The number of rotatable bonds is 4. The lowest BCUT2D eigenvalue weighted by Crippen LogP contribution is -2.23. The Balaban J connectivity index is 2.10. The topological polar surface area (TPSA) is 58.6 Å². The monoisotopic (exact) mass is 268 g/mol. The number of cyclic esters (lactones) is 1. The number of nitrogens with one attached hydrogen (secondary N) is 1. The van der Waals surface area contributed by atoms with E-state index in [0.29, 0.717) is 24.5 Å². The number of anilines is 2. The van der Waals surface area contributed by atoms with Crippen molar-refractivity contribution in [2.75, 3.05) is 29.2 Å². The molecule has 1 aromatic carbocycles. The van der Waals surface area contributed by atoms with E-state index in [1.54, 1.807) is 24.3 Å². The minimum Gasteiger partial charge on any atom is -0.447 e. The summed E-state index contributed by atoms with van der Waals surface area (Å²) in [5, 5.41) is 2.72. The molecule has 0 atom stereocenters. The van der Waals surface area contributed by atoms with Crippen molar-refractivity contribution >= 4 is 35.0 Å². The van der Waals surface area contributed by atoms with E-state index in [0.717, 1.165) is 0 Å². The van der Waals surface area contributed by atoms with Gasteiger partial charge in [-0.1, -0.05) is 6.07 Å². The largest absolute Gasteiger partial charge is 0.447 e.